The number of halogens is 3. The molecule has 7 heterocycles. The Morgan fingerprint density at radius 1 is 1.14 bits per heavy atom. The van der Waals surface area contributed by atoms with Gasteiger partial charge in [-0.2, -0.15) is 0 Å². The number of rotatable bonds is 3. The third-order valence-electron chi connectivity index (χ3n) is 10.2. The minimum absolute atomic E-state index is 0.0360. The van der Waals surface area contributed by atoms with E-state index in [0.29, 0.717) is 65.6 Å². The van der Waals surface area contributed by atoms with Gasteiger partial charge < -0.3 is 10.2 Å². The molecule has 6 bridgehead atoms. The molecule has 1 amide bonds. The molecule has 3 aromatic rings. The first-order valence-corrected chi connectivity index (χ1v) is 16.2. The monoisotopic (exact) mass is 608 g/mol. The second-order valence-corrected chi connectivity index (χ2v) is 13.5. The summed E-state index contributed by atoms with van der Waals surface area (Å²) in [4.78, 5) is 31.9. The molecular formula is C33H39ClF2N6O. The largest absolute Gasteiger partial charge is 0.356 e. The van der Waals surface area contributed by atoms with Crippen molar-refractivity contribution in [1.29, 1.82) is 0 Å². The van der Waals surface area contributed by atoms with Crippen LogP contribution in [-0.2, 0) is 17.6 Å². The van der Waals surface area contributed by atoms with E-state index in [0.717, 1.165) is 69.5 Å². The van der Waals surface area contributed by atoms with Gasteiger partial charge in [-0.25, -0.2) is 18.7 Å². The van der Waals surface area contributed by atoms with E-state index in [1.807, 2.05) is 19.1 Å². The van der Waals surface area contributed by atoms with Gasteiger partial charge in [0.2, 0.25) is 5.91 Å². The Morgan fingerprint density at radius 3 is 2.91 bits per heavy atom. The summed E-state index contributed by atoms with van der Waals surface area (Å²) >= 11 is 6.70. The maximum Gasteiger partial charge on any atom is 0.220 e. The maximum atomic E-state index is 16.7. The molecule has 0 saturated carbocycles. The van der Waals surface area contributed by atoms with Crippen LogP contribution in [0.4, 0.5) is 14.6 Å². The van der Waals surface area contributed by atoms with Gasteiger partial charge in [0.15, 0.2) is 5.82 Å². The molecule has 1 aromatic carbocycles. The number of fused-ring (bicyclic) bond motifs is 7. The molecule has 0 spiro atoms. The third kappa shape index (κ3) is 5.48. The van der Waals surface area contributed by atoms with Crippen LogP contribution in [0.3, 0.4) is 0 Å². The summed E-state index contributed by atoms with van der Waals surface area (Å²) < 4.78 is 31.2. The van der Waals surface area contributed by atoms with Crippen molar-refractivity contribution in [2.45, 2.75) is 82.8 Å². The zero-order valence-electron chi connectivity index (χ0n) is 24.8. The van der Waals surface area contributed by atoms with Gasteiger partial charge >= 0.3 is 0 Å². The van der Waals surface area contributed by atoms with Crippen LogP contribution in [0.2, 0.25) is 5.02 Å². The van der Waals surface area contributed by atoms with E-state index in [1.54, 1.807) is 6.20 Å². The molecule has 3 fully saturated rings. The molecule has 228 valence electrons. The highest BCUT2D eigenvalue weighted by Crippen LogP contribution is 2.43. The molecule has 10 heteroatoms. The lowest BCUT2D eigenvalue weighted by atomic mass is 9.88. The molecule has 0 radical (unpaired) electrons. The second-order valence-electron chi connectivity index (χ2n) is 13.1. The lowest BCUT2D eigenvalue weighted by Gasteiger charge is -2.35. The molecule has 43 heavy (non-hydrogen) atoms. The van der Waals surface area contributed by atoms with Crippen LogP contribution in [0.15, 0.2) is 18.3 Å². The summed E-state index contributed by atoms with van der Waals surface area (Å²) in [6.45, 7) is 5.57. The number of hydrogen-bond acceptors (Lipinski definition) is 6. The molecular weight excluding hydrogens is 570 g/mol. The fourth-order valence-corrected chi connectivity index (χ4v) is 8.42. The smallest absolute Gasteiger partial charge is 0.220 e. The van der Waals surface area contributed by atoms with Crippen LogP contribution >= 0.6 is 11.6 Å². The van der Waals surface area contributed by atoms with Crippen LogP contribution in [0.25, 0.3) is 22.2 Å². The molecule has 3 atom stereocenters. The minimum atomic E-state index is -0.795. The number of anilines is 1. The summed E-state index contributed by atoms with van der Waals surface area (Å²) in [5.74, 6) is 1.17. The highest BCUT2D eigenvalue weighted by molar-refractivity contribution is 6.31. The first-order valence-electron chi connectivity index (χ1n) is 15.8. The second kappa shape index (κ2) is 11.5. The first kappa shape index (κ1) is 28.8. The summed E-state index contributed by atoms with van der Waals surface area (Å²) in [7, 11) is 0. The number of aryl methyl sites for hydroxylation is 2. The van der Waals surface area contributed by atoms with Crippen molar-refractivity contribution in [3.05, 3.63) is 46.1 Å². The number of pyridine rings is 1. The summed E-state index contributed by atoms with van der Waals surface area (Å²) in [5.41, 5.74) is 2.47. The normalized spacial score (nSPS) is 26.2. The van der Waals surface area contributed by atoms with Crippen molar-refractivity contribution < 1.29 is 13.6 Å². The predicted octanol–water partition coefficient (Wildman–Crippen LogP) is 5.97. The number of benzene rings is 1. The average Bonchev–Trinajstić information content (AvgIpc) is 3.51. The number of carbonyl (C=O) groups excluding carboxylic acids is 1. The number of carbonyl (C=O) groups is 1. The van der Waals surface area contributed by atoms with Gasteiger partial charge in [-0.15, -0.1) is 0 Å². The summed E-state index contributed by atoms with van der Waals surface area (Å²) in [5, 5.41) is 4.19. The standard InChI is InChI=1S/C33H39ClF2N6O/c1-20-14-24-23(26(34)15-20)5-6-28(43)37-11-8-21-4-2-12-41(18-21)32-25-17-38-30(24)29(36)31(25)39-27(40-32)7-10-33-9-3-13-42(33)19-22(35)16-33/h14-15,17,21-22H,2-13,16,18-19H2,1H3,(H,37,43). The molecule has 5 aliphatic heterocycles. The lowest BCUT2D eigenvalue weighted by Crippen LogP contribution is -2.39. The Kier molecular flexibility index (Phi) is 7.74. The van der Waals surface area contributed by atoms with E-state index in [2.05, 4.69) is 20.1 Å². The predicted molar refractivity (Wildman–Crippen MR) is 165 cm³/mol. The number of amides is 1. The maximum absolute atomic E-state index is 16.7. The molecule has 3 saturated heterocycles. The Labute approximate surface area is 256 Å². The SMILES string of the molecule is Cc1cc(Cl)c2c(c1)-c1ncc3c(nc(CCC45CCCN4CC(F)C5)nc3c1F)N1CCCC(CCNC(=O)CC2)C1. The van der Waals surface area contributed by atoms with Crippen LogP contribution in [0, 0.1) is 18.7 Å². The third-order valence-corrected chi connectivity index (χ3v) is 10.5. The Morgan fingerprint density at radius 2 is 2.02 bits per heavy atom. The topological polar surface area (TPSA) is 74.2 Å². The quantitative estimate of drug-likeness (QED) is 0.395. The number of nitrogens with one attached hydrogen (secondary N) is 1. The number of hydrogen-bond donors (Lipinski definition) is 1. The fourth-order valence-electron chi connectivity index (χ4n) is 8.06. The zero-order valence-corrected chi connectivity index (χ0v) is 25.5. The average molecular weight is 609 g/mol. The van der Waals surface area contributed by atoms with Crippen LogP contribution in [-0.4, -0.2) is 70.2 Å². The van der Waals surface area contributed by atoms with Gasteiger partial charge in [0.1, 0.15) is 29.0 Å². The molecule has 8 rings (SSSR count). The number of aromatic nitrogens is 3. The zero-order chi connectivity index (χ0) is 29.7. The highest BCUT2D eigenvalue weighted by atomic mass is 35.5. The fraction of sp³-hybridized carbons (Fsp3) is 0.576. The van der Waals surface area contributed by atoms with Crippen LogP contribution < -0.4 is 10.2 Å². The number of nitrogens with zero attached hydrogens (tertiary/aromatic N) is 5. The van der Waals surface area contributed by atoms with Gasteiger partial charge in [0.25, 0.3) is 0 Å². The molecule has 5 aliphatic rings. The molecule has 2 aromatic heterocycles. The minimum Gasteiger partial charge on any atom is -0.356 e. The van der Waals surface area contributed by atoms with E-state index in [9.17, 15) is 9.18 Å². The van der Waals surface area contributed by atoms with Crippen LogP contribution in [0.1, 0.15) is 68.3 Å². The first-order chi connectivity index (χ1) is 20.8. The van der Waals surface area contributed by atoms with E-state index < -0.39 is 12.0 Å². The van der Waals surface area contributed by atoms with Crippen LogP contribution in [0.5, 0.6) is 0 Å². The van der Waals surface area contributed by atoms with Gasteiger partial charge in [0, 0.05) is 61.3 Å². The number of piperidine rings is 1. The molecule has 1 N–H and O–H groups in total. The van der Waals surface area contributed by atoms with Gasteiger partial charge in [-0.3, -0.25) is 14.7 Å². The van der Waals surface area contributed by atoms with E-state index in [-0.39, 0.29) is 29.1 Å². The Bertz CT molecular complexity index is 1570. The van der Waals surface area contributed by atoms with Gasteiger partial charge in [-0.1, -0.05) is 11.6 Å². The van der Waals surface area contributed by atoms with Crippen molar-refractivity contribution in [3.8, 4) is 11.3 Å². The van der Waals surface area contributed by atoms with Gasteiger partial charge in [0.05, 0.1) is 5.39 Å². The number of alkyl halides is 1. The molecule has 0 aliphatic carbocycles. The van der Waals surface area contributed by atoms with Crippen molar-refractivity contribution in [3.63, 3.8) is 0 Å². The van der Waals surface area contributed by atoms with Gasteiger partial charge in [-0.05, 0) is 94.0 Å². The van der Waals surface area contributed by atoms with E-state index in [4.69, 9.17) is 21.6 Å². The molecule has 7 nitrogen and oxygen atoms in total. The Hall–Kier alpha value is -2.91. The van der Waals surface area contributed by atoms with E-state index in [1.165, 1.54) is 0 Å². The Balaban J connectivity index is 1.35. The summed E-state index contributed by atoms with van der Waals surface area (Å²) in [6.07, 6.45) is 8.43. The lowest BCUT2D eigenvalue weighted by molar-refractivity contribution is -0.121. The van der Waals surface area contributed by atoms with E-state index >= 15 is 4.39 Å². The van der Waals surface area contributed by atoms with Crippen molar-refractivity contribution in [1.82, 2.24) is 25.2 Å². The van der Waals surface area contributed by atoms with Crippen molar-refractivity contribution in [2.24, 2.45) is 5.92 Å². The summed E-state index contributed by atoms with van der Waals surface area (Å²) in [6, 6.07) is 3.73. The molecule has 3 unspecified atom stereocenters. The van der Waals surface area contributed by atoms with Crippen molar-refractivity contribution in [2.75, 3.05) is 37.6 Å². The highest BCUT2D eigenvalue weighted by Gasteiger charge is 2.48. The van der Waals surface area contributed by atoms with Crippen molar-refractivity contribution >= 4 is 34.2 Å².